The third kappa shape index (κ3) is 16.1. The van der Waals surface area contributed by atoms with E-state index in [2.05, 4.69) is 20.8 Å². The smallest absolute Gasteiger partial charge is 0.0569 e. The van der Waals surface area contributed by atoms with Crippen LogP contribution in [-0.2, 0) is 0 Å². The van der Waals surface area contributed by atoms with E-state index in [-0.39, 0.29) is 18.1 Å². The number of hydrogen-bond donors (Lipinski definition) is 2. The first-order valence-electron chi connectivity index (χ1n) is 12.0. The Morgan fingerprint density at radius 1 is 0.538 bits per heavy atom. The van der Waals surface area contributed by atoms with Crippen LogP contribution in [0.15, 0.2) is 0 Å². The van der Waals surface area contributed by atoms with Gasteiger partial charge in [-0.15, -0.1) is 0 Å². The number of aliphatic hydroxyl groups is 2. The minimum atomic E-state index is -0.223. The topological polar surface area (TPSA) is 40.5 Å². The Hall–Kier alpha value is -0.0800. The molecule has 26 heavy (non-hydrogen) atoms. The fraction of sp³-hybridized carbons (Fsp3) is 1.00. The fourth-order valence-electron chi connectivity index (χ4n) is 3.95. The highest BCUT2D eigenvalue weighted by molar-refractivity contribution is 4.72. The molecule has 0 amide bonds. The lowest BCUT2D eigenvalue weighted by molar-refractivity contribution is 0.0486. The standard InChI is InChI=1S/C24H50O2/c1-4-7-9-11-13-15-17-19-23(25)21-22(6-3)24(26)20-18-16-14-12-10-8-5-2/h22-26H,4-21H2,1-3H3. The molecule has 3 unspecified atom stereocenters. The third-order valence-electron chi connectivity index (χ3n) is 5.89. The second-order valence-corrected chi connectivity index (χ2v) is 8.45. The summed E-state index contributed by atoms with van der Waals surface area (Å²) in [6.07, 6.45) is 21.3. The molecule has 0 rings (SSSR count). The predicted octanol–water partition coefficient (Wildman–Crippen LogP) is 7.41. The first-order chi connectivity index (χ1) is 12.7. The molecule has 0 saturated carbocycles. The lowest BCUT2D eigenvalue weighted by Crippen LogP contribution is -2.24. The van der Waals surface area contributed by atoms with Gasteiger partial charge in [0.25, 0.3) is 0 Å². The van der Waals surface area contributed by atoms with Crippen molar-refractivity contribution in [2.45, 2.75) is 149 Å². The van der Waals surface area contributed by atoms with E-state index in [4.69, 9.17) is 0 Å². The van der Waals surface area contributed by atoms with E-state index in [0.717, 1.165) is 38.5 Å². The van der Waals surface area contributed by atoms with Gasteiger partial charge in [0.1, 0.15) is 0 Å². The zero-order valence-corrected chi connectivity index (χ0v) is 18.4. The summed E-state index contributed by atoms with van der Waals surface area (Å²) < 4.78 is 0. The van der Waals surface area contributed by atoms with Crippen LogP contribution in [0.5, 0.6) is 0 Å². The fourth-order valence-corrected chi connectivity index (χ4v) is 3.95. The van der Waals surface area contributed by atoms with Crippen LogP contribution in [0.3, 0.4) is 0 Å². The van der Waals surface area contributed by atoms with Crippen LogP contribution in [0.1, 0.15) is 136 Å². The minimum absolute atomic E-state index is 0.223. The minimum Gasteiger partial charge on any atom is -0.393 e. The van der Waals surface area contributed by atoms with E-state index in [1.165, 1.54) is 77.0 Å². The van der Waals surface area contributed by atoms with Gasteiger partial charge in [-0.1, -0.05) is 117 Å². The maximum Gasteiger partial charge on any atom is 0.0569 e. The van der Waals surface area contributed by atoms with Gasteiger partial charge < -0.3 is 10.2 Å². The molecule has 0 spiro atoms. The highest BCUT2D eigenvalue weighted by Gasteiger charge is 2.20. The van der Waals surface area contributed by atoms with Crippen molar-refractivity contribution in [3.05, 3.63) is 0 Å². The monoisotopic (exact) mass is 370 g/mol. The van der Waals surface area contributed by atoms with Crippen molar-refractivity contribution in [3.8, 4) is 0 Å². The van der Waals surface area contributed by atoms with Crippen LogP contribution in [0.2, 0.25) is 0 Å². The van der Waals surface area contributed by atoms with Gasteiger partial charge >= 0.3 is 0 Å². The maximum atomic E-state index is 10.5. The molecule has 0 radical (unpaired) electrons. The van der Waals surface area contributed by atoms with Gasteiger partial charge in [0, 0.05) is 0 Å². The number of hydrogen-bond acceptors (Lipinski definition) is 2. The van der Waals surface area contributed by atoms with Crippen LogP contribution >= 0.6 is 0 Å². The largest absolute Gasteiger partial charge is 0.393 e. The van der Waals surface area contributed by atoms with Crippen LogP contribution < -0.4 is 0 Å². The zero-order valence-electron chi connectivity index (χ0n) is 18.4. The summed E-state index contributed by atoms with van der Waals surface area (Å²) in [5.74, 6) is 0.273. The van der Waals surface area contributed by atoms with Gasteiger partial charge in [-0.2, -0.15) is 0 Å². The second-order valence-electron chi connectivity index (χ2n) is 8.45. The molecule has 0 aromatic rings. The highest BCUT2D eigenvalue weighted by Crippen LogP contribution is 2.23. The van der Waals surface area contributed by atoms with Crippen LogP contribution in [0.25, 0.3) is 0 Å². The van der Waals surface area contributed by atoms with Crippen molar-refractivity contribution in [2.24, 2.45) is 5.92 Å². The first-order valence-corrected chi connectivity index (χ1v) is 12.0. The van der Waals surface area contributed by atoms with Crippen molar-refractivity contribution in [1.82, 2.24) is 0 Å². The summed E-state index contributed by atoms with van der Waals surface area (Å²) >= 11 is 0. The normalized spacial score (nSPS) is 15.1. The molecule has 0 aliphatic carbocycles. The Balaban J connectivity index is 3.70. The summed E-state index contributed by atoms with van der Waals surface area (Å²) in [6, 6.07) is 0. The Kier molecular flexibility index (Phi) is 19.6. The van der Waals surface area contributed by atoms with Crippen molar-refractivity contribution >= 4 is 0 Å². The van der Waals surface area contributed by atoms with E-state index in [1.54, 1.807) is 0 Å². The van der Waals surface area contributed by atoms with Gasteiger partial charge in [-0.25, -0.2) is 0 Å². The zero-order chi connectivity index (χ0) is 19.5. The van der Waals surface area contributed by atoms with Crippen LogP contribution in [-0.4, -0.2) is 22.4 Å². The Labute approximate surface area is 165 Å². The van der Waals surface area contributed by atoms with Crippen LogP contribution in [0.4, 0.5) is 0 Å². The molecular formula is C24H50O2. The quantitative estimate of drug-likeness (QED) is 0.219. The molecule has 0 heterocycles. The van der Waals surface area contributed by atoms with Gasteiger partial charge in [0.05, 0.1) is 12.2 Å². The number of aliphatic hydroxyl groups excluding tert-OH is 2. The van der Waals surface area contributed by atoms with E-state index >= 15 is 0 Å². The molecule has 0 bridgehead atoms. The average molecular weight is 371 g/mol. The van der Waals surface area contributed by atoms with E-state index in [1.807, 2.05) is 0 Å². The molecular weight excluding hydrogens is 320 g/mol. The van der Waals surface area contributed by atoms with Crippen LogP contribution in [0, 0.1) is 5.92 Å². The summed E-state index contributed by atoms with van der Waals surface area (Å²) in [5, 5.41) is 20.8. The molecule has 0 aliphatic rings. The summed E-state index contributed by atoms with van der Waals surface area (Å²) in [7, 11) is 0. The maximum absolute atomic E-state index is 10.5. The predicted molar refractivity (Wildman–Crippen MR) is 116 cm³/mol. The Bertz CT molecular complexity index is 267. The lowest BCUT2D eigenvalue weighted by Gasteiger charge is -2.24. The van der Waals surface area contributed by atoms with E-state index < -0.39 is 0 Å². The van der Waals surface area contributed by atoms with E-state index in [0.29, 0.717) is 0 Å². The molecule has 0 saturated heterocycles. The average Bonchev–Trinajstić information content (AvgIpc) is 2.64. The third-order valence-corrected chi connectivity index (χ3v) is 5.89. The Morgan fingerprint density at radius 3 is 1.42 bits per heavy atom. The number of unbranched alkanes of at least 4 members (excludes halogenated alkanes) is 12. The highest BCUT2D eigenvalue weighted by atomic mass is 16.3. The molecule has 2 nitrogen and oxygen atoms in total. The Morgan fingerprint density at radius 2 is 0.962 bits per heavy atom. The second kappa shape index (κ2) is 19.7. The SMILES string of the molecule is CCCCCCCCCC(O)CC(CC)C(O)CCCCCCCCC. The molecule has 2 N–H and O–H groups in total. The van der Waals surface area contributed by atoms with E-state index in [9.17, 15) is 10.2 Å². The molecule has 0 aromatic carbocycles. The summed E-state index contributed by atoms with van der Waals surface area (Å²) in [6.45, 7) is 6.66. The molecule has 3 atom stereocenters. The lowest BCUT2D eigenvalue weighted by atomic mass is 9.88. The van der Waals surface area contributed by atoms with Gasteiger partial charge in [-0.05, 0) is 25.2 Å². The van der Waals surface area contributed by atoms with Crippen molar-refractivity contribution in [2.75, 3.05) is 0 Å². The summed E-state index contributed by atoms with van der Waals surface area (Å²) in [4.78, 5) is 0. The van der Waals surface area contributed by atoms with Crippen molar-refractivity contribution in [3.63, 3.8) is 0 Å². The van der Waals surface area contributed by atoms with Gasteiger partial charge in [-0.3, -0.25) is 0 Å². The van der Waals surface area contributed by atoms with Gasteiger partial charge in [0.2, 0.25) is 0 Å². The molecule has 0 fully saturated rings. The van der Waals surface area contributed by atoms with Crippen molar-refractivity contribution in [1.29, 1.82) is 0 Å². The molecule has 158 valence electrons. The first kappa shape index (κ1) is 25.9. The molecule has 0 aliphatic heterocycles. The van der Waals surface area contributed by atoms with Gasteiger partial charge in [0.15, 0.2) is 0 Å². The molecule has 0 aromatic heterocycles. The molecule has 2 heteroatoms. The number of rotatable bonds is 20. The summed E-state index contributed by atoms with van der Waals surface area (Å²) in [5.41, 5.74) is 0. The van der Waals surface area contributed by atoms with Crippen molar-refractivity contribution < 1.29 is 10.2 Å².